The van der Waals surface area contributed by atoms with Gasteiger partial charge in [0.05, 0.1) is 33.1 Å². The number of nitrogens with one attached hydrogen (secondary N) is 1. The third-order valence-electron chi connectivity index (χ3n) is 7.32. The first-order valence-corrected chi connectivity index (χ1v) is 13.9. The van der Waals surface area contributed by atoms with Gasteiger partial charge in [0.25, 0.3) is 17.5 Å². The second-order valence-electron chi connectivity index (χ2n) is 10.7. The van der Waals surface area contributed by atoms with Crippen molar-refractivity contribution in [2.24, 2.45) is 5.92 Å². The van der Waals surface area contributed by atoms with E-state index in [2.05, 4.69) is 0 Å². The Bertz CT molecular complexity index is 1390. The summed E-state index contributed by atoms with van der Waals surface area (Å²) in [6.45, 7) is 3.65. The average molecular weight is 638 g/mol. The molecule has 3 atom stereocenters. The molecule has 45 heavy (non-hydrogen) atoms. The molecule has 11 nitrogen and oxygen atoms in total. The van der Waals surface area contributed by atoms with Gasteiger partial charge >= 0.3 is 6.18 Å². The maximum atomic E-state index is 15.0. The van der Waals surface area contributed by atoms with Crippen LogP contribution in [-0.2, 0) is 25.5 Å². The number of hydrogen-bond donors (Lipinski definition) is 2. The van der Waals surface area contributed by atoms with Crippen molar-refractivity contribution < 1.29 is 51.6 Å². The van der Waals surface area contributed by atoms with Crippen LogP contribution in [0.25, 0.3) is 5.70 Å². The number of hydrogen-bond acceptors (Lipinski definition) is 8. The van der Waals surface area contributed by atoms with E-state index in [0.29, 0.717) is 5.56 Å². The smallest absolute Gasteiger partial charge is 0.438 e. The van der Waals surface area contributed by atoms with Crippen molar-refractivity contribution in [1.29, 1.82) is 0 Å². The summed E-state index contributed by atoms with van der Waals surface area (Å²) in [5.74, 6) is -2.99. The number of alkyl halides is 3. The molecule has 3 unspecified atom stereocenters. The zero-order chi connectivity index (χ0) is 33.7. The van der Waals surface area contributed by atoms with Gasteiger partial charge in [-0.2, -0.15) is 13.2 Å². The molecule has 0 aliphatic carbocycles. The molecule has 1 aliphatic heterocycles. The second kappa shape index (κ2) is 14.2. The Kier molecular flexibility index (Phi) is 11.1. The number of rotatable bonds is 12. The van der Waals surface area contributed by atoms with Crippen molar-refractivity contribution in [3.8, 4) is 17.2 Å². The molecule has 1 aliphatic rings. The van der Waals surface area contributed by atoms with Gasteiger partial charge in [-0.05, 0) is 30.0 Å². The van der Waals surface area contributed by atoms with Gasteiger partial charge in [0.15, 0.2) is 11.5 Å². The van der Waals surface area contributed by atoms with Crippen molar-refractivity contribution >= 4 is 23.4 Å². The van der Waals surface area contributed by atoms with Crippen molar-refractivity contribution in [3.63, 3.8) is 0 Å². The molecule has 3 rings (SSSR count). The van der Waals surface area contributed by atoms with Crippen LogP contribution in [0.5, 0.6) is 17.2 Å². The topological polar surface area (TPSA) is 127 Å². The lowest BCUT2D eigenvalue weighted by atomic mass is 9.88. The SMILES string of the molecule is COCC(=O)N1C=C(c2cc(OC)c(OC)c(OC)c2)N(C(Cc2ccccc2)C(O)(NC(C)=O)C(F)(F)F)C(=O)C1C(C)C. The fraction of sp³-hybridized carbons (Fsp3) is 0.452. The first kappa shape index (κ1) is 35.2. The Balaban J connectivity index is 2.48. The summed E-state index contributed by atoms with van der Waals surface area (Å²) in [7, 11) is 5.32. The molecule has 0 saturated carbocycles. The lowest BCUT2D eigenvalue weighted by Gasteiger charge is -2.49. The van der Waals surface area contributed by atoms with E-state index in [1.807, 2.05) is 0 Å². The molecular weight excluding hydrogens is 599 g/mol. The molecule has 0 fully saturated rings. The number of carbonyl (C=O) groups is 3. The molecular formula is C31H38F3N3O8. The van der Waals surface area contributed by atoms with Crippen LogP contribution in [0.1, 0.15) is 31.9 Å². The van der Waals surface area contributed by atoms with Crippen molar-refractivity contribution in [2.45, 2.75) is 51.2 Å². The van der Waals surface area contributed by atoms with Crippen LogP contribution in [0.4, 0.5) is 13.2 Å². The minimum atomic E-state index is -5.46. The van der Waals surface area contributed by atoms with E-state index in [1.54, 1.807) is 37.4 Å². The van der Waals surface area contributed by atoms with Crippen LogP contribution < -0.4 is 19.5 Å². The molecule has 0 spiro atoms. The molecule has 0 saturated heterocycles. The fourth-order valence-electron chi connectivity index (χ4n) is 5.32. The Morgan fingerprint density at radius 2 is 1.58 bits per heavy atom. The van der Waals surface area contributed by atoms with E-state index in [9.17, 15) is 32.7 Å². The molecule has 0 bridgehead atoms. The summed E-state index contributed by atoms with van der Waals surface area (Å²) < 4.78 is 66.2. The number of benzene rings is 2. The van der Waals surface area contributed by atoms with Gasteiger partial charge in [-0.25, -0.2) is 0 Å². The summed E-state index contributed by atoms with van der Waals surface area (Å²) in [6.07, 6.45) is -4.78. The molecule has 3 amide bonds. The zero-order valence-corrected chi connectivity index (χ0v) is 26.1. The monoisotopic (exact) mass is 637 g/mol. The van der Waals surface area contributed by atoms with Crippen LogP contribution in [-0.4, -0.2) is 91.7 Å². The Morgan fingerprint density at radius 3 is 2.02 bits per heavy atom. The first-order chi connectivity index (χ1) is 21.1. The quantitative estimate of drug-likeness (QED) is 0.340. The number of nitrogens with zero attached hydrogens (tertiary/aromatic N) is 2. The lowest BCUT2D eigenvalue weighted by Crippen LogP contribution is -2.72. The summed E-state index contributed by atoms with van der Waals surface area (Å²) in [6, 6.07) is 7.23. The van der Waals surface area contributed by atoms with Crippen LogP contribution in [0.3, 0.4) is 0 Å². The summed E-state index contributed by atoms with van der Waals surface area (Å²) in [4.78, 5) is 41.9. The standard InChI is InChI=1S/C31H38F3N3O8/c1-18(2)27-29(40)37(25(13-20-11-9-8-10-12-20)30(41,31(32,33)34)35-19(3)38)22(16-36(27)26(39)17-42-4)21-14-23(43-5)28(45-7)24(15-21)44-6/h8-12,14-16,18,25,27,41H,13,17H2,1-7H3,(H,35,38). The number of methoxy groups -OCH3 is 4. The van der Waals surface area contributed by atoms with Gasteiger partial charge in [-0.1, -0.05) is 44.2 Å². The Labute approximate surface area is 259 Å². The van der Waals surface area contributed by atoms with Crippen LogP contribution in [0, 0.1) is 5.92 Å². The van der Waals surface area contributed by atoms with Crippen LogP contribution in [0.2, 0.25) is 0 Å². The van der Waals surface area contributed by atoms with Crippen LogP contribution in [0.15, 0.2) is 48.7 Å². The van der Waals surface area contributed by atoms with E-state index in [-0.39, 0.29) is 28.5 Å². The van der Waals surface area contributed by atoms with E-state index in [4.69, 9.17) is 18.9 Å². The summed E-state index contributed by atoms with van der Waals surface area (Å²) in [5.41, 5.74) is -3.74. The van der Waals surface area contributed by atoms with Gasteiger partial charge < -0.3 is 34.3 Å². The van der Waals surface area contributed by atoms with Gasteiger partial charge in [-0.15, -0.1) is 0 Å². The molecule has 14 heteroatoms. The third kappa shape index (κ3) is 7.17. The second-order valence-corrected chi connectivity index (χ2v) is 10.7. The summed E-state index contributed by atoms with van der Waals surface area (Å²) in [5, 5.41) is 13.2. The van der Waals surface area contributed by atoms with Gasteiger partial charge in [0.1, 0.15) is 12.6 Å². The highest BCUT2D eigenvalue weighted by Gasteiger charge is 2.63. The molecule has 2 aromatic carbocycles. The predicted molar refractivity (Wildman–Crippen MR) is 157 cm³/mol. The maximum absolute atomic E-state index is 15.0. The molecule has 1 heterocycles. The number of halogens is 3. The molecule has 2 aromatic rings. The highest BCUT2D eigenvalue weighted by molar-refractivity contribution is 5.98. The number of amides is 3. The minimum Gasteiger partial charge on any atom is -0.493 e. The number of aliphatic hydroxyl groups is 1. The Morgan fingerprint density at radius 1 is 1.00 bits per heavy atom. The largest absolute Gasteiger partial charge is 0.493 e. The molecule has 2 N–H and O–H groups in total. The summed E-state index contributed by atoms with van der Waals surface area (Å²) >= 11 is 0. The van der Waals surface area contributed by atoms with E-state index < -0.39 is 60.7 Å². The molecule has 0 radical (unpaired) electrons. The lowest BCUT2D eigenvalue weighted by molar-refractivity contribution is -0.287. The number of ether oxygens (including phenoxy) is 4. The van der Waals surface area contributed by atoms with Gasteiger partial charge in [0.2, 0.25) is 11.7 Å². The number of carbonyl (C=O) groups excluding carboxylic acids is 3. The zero-order valence-electron chi connectivity index (χ0n) is 26.1. The van der Waals surface area contributed by atoms with E-state index in [1.165, 1.54) is 58.9 Å². The normalized spacial score (nSPS) is 17.4. The average Bonchev–Trinajstić information content (AvgIpc) is 2.98. The van der Waals surface area contributed by atoms with Crippen molar-refractivity contribution in [2.75, 3.05) is 35.0 Å². The van der Waals surface area contributed by atoms with E-state index >= 15 is 0 Å². The highest BCUT2D eigenvalue weighted by atomic mass is 19.4. The van der Waals surface area contributed by atoms with Crippen molar-refractivity contribution in [1.82, 2.24) is 15.1 Å². The van der Waals surface area contributed by atoms with Crippen molar-refractivity contribution in [3.05, 3.63) is 59.8 Å². The minimum absolute atomic E-state index is 0.0840. The molecule has 246 valence electrons. The van der Waals surface area contributed by atoms with Crippen LogP contribution >= 0.6 is 0 Å². The fourth-order valence-corrected chi connectivity index (χ4v) is 5.32. The Hall–Kier alpha value is -4.30. The third-order valence-corrected chi connectivity index (χ3v) is 7.32. The predicted octanol–water partition coefficient (Wildman–Crippen LogP) is 3.35. The van der Waals surface area contributed by atoms with Gasteiger partial charge in [0, 0.05) is 25.8 Å². The highest BCUT2D eigenvalue weighted by Crippen LogP contribution is 2.45. The maximum Gasteiger partial charge on any atom is 0.438 e. The van der Waals surface area contributed by atoms with E-state index in [0.717, 1.165) is 16.7 Å². The first-order valence-electron chi connectivity index (χ1n) is 13.9. The van der Waals surface area contributed by atoms with Gasteiger partial charge in [-0.3, -0.25) is 19.3 Å². The molecule has 0 aromatic heterocycles.